The van der Waals surface area contributed by atoms with Crippen molar-refractivity contribution in [2.45, 2.75) is 12.5 Å². The number of aromatic nitrogens is 1. The largest absolute Gasteiger partial charge is 0.486 e. The van der Waals surface area contributed by atoms with Crippen molar-refractivity contribution in [1.82, 2.24) is 9.88 Å². The number of ether oxygens (including phenoxy) is 2. The molecule has 0 saturated heterocycles. The number of carbonyl (C=O) groups excluding carboxylic acids is 1. The van der Waals surface area contributed by atoms with Crippen molar-refractivity contribution < 1.29 is 18.7 Å². The van der Waals surface area contributed by atoms with E-state index in [9.17, 15) is 9.18 Å². The van der Waals surface area contributed by atoms with E-state index in [0.717, 1.165) is 22.2 Å². The van der Waals surface area contributed by atoms with Gasteiger partial charge in [0.05, 0.1) is 0 Å². The number of carbonyl (C=O) groups is 1. The highest BCUT2D eigenvalue weighted by molar-refractivity contribution is 5.96. The van der Waals surface area contributed by atoms with Gasteiger partial charge in [0.15, 0.2) is 11.5 Å². The monoisotopic (exact) mass is 428 g/mol. The molecule has 6 rings (SSSR count). The Bertz CT molecular complexity index is 1350. The zero-order valence-corrected chi connectivity index (χ0v) is 17.3. The van der Waals surface area contributed by atoms with Crippen molar-refractivity contribution in [3.8, 4) is 11.5 Å². The molecule has 0 spiro atoms. The first-order valence-electron chi connectivity index (χ1n) is 10.8. The van der Waals surface area contributed by atoms with E-state index < -0.39 is 6.04 Å². The lowest BCUT2D eigenvalue weighted by atomic mass is 9.91. The lowest BCUT2D eigenvalue weighted by Gasteiger charge is -2.36. The maximum Gasteiger partial charge on any atom is 0.254 e. The molecule has 4 aromatic rings. The van der Waals surface area contributed by atoms with Crippen LogP contribution >= 0.6 is 0 Å². The van der Waals surface area contributed by atoms with Crippen molar-refractivity contribution in [1.29, 1.82) is 0 Å². The van der Waals surface area contributed by atoms with Gasteiger partial charge >= 0.3 is 0 Å². The summed E-state index contributed by atoms with van der Waals surface area (Å²) >= 11 is 0. The Balaban J connectivity index is 1.48. The fourth-order valence-electron chi connectivity index (χ4n) is 4.82. The second kappa shape index (κ2) is 7.41. The predicted molar refractivity (Wildman–Crippen MR) is 119 cm³/mol. The molecule has 32 heavy (non-hydrogen) atoms. The first kappa shape index (κ1) is 18.9. The maximum absolute atomic E-state index is 15.0. The lowest BCUT2D eigenvalue weighted by Crippen LogP contribution is -2.41. The molecular weight excluding hydrogens is 407 g/mol. The van der Waals surface area contributed by atoms with Crippen LogP contribution in [0, 0.1) is 5.82 Å². The van der Waals surface area contributed by atoms with Crippen molar-refractivity contribution in [3.63, 3.8) is 0 Å². The van der Waals surface area contributed by atoms with Gasteiger partial charge in [0, 0.05) is 34.3 Å². The Hall–Kier alpha value is -3.80. The predicted octanol–water partition coefficient (Wildman–Crippen LogP) is 4.87. The van der Waals surface area contributed by atoms with E-state index >= 15 is 0 Å². The van der Waals surface area contributed by atoms with E-state index in [1.165, 1.54) is 6.07 Å². The first-order chi connectivity index (χ1) is 15.7. The highest BCUT2D eigenvalue weighted by atomic mass is 19.1. The number of hydrogen-bond acceptors (Lipinski definition) is 3. The maximum atomic E-state index is 15.0. The fourth-order valence-corrected chi connectivity index (χ4v) is 4.82. The molecule has 1 N–H and O–H groups in total. The molecule has 0 fully saturated rings. The number of benzene rings is 3. The standard InChI is InChI=1S/C26H21FN2O3/c27-20-7-3-1-6-19(20)25-24-18(17-5-2-4-8-21(17)28-24)11-12-29(25)26(30)16-9-10-22-23(15-16)32-14-13-31-22/h1-10,15,25,28H,11-14H2. The van der Waals surface area contributed by atoms with Crippen LogP contribution in [0.1, 0.15) is 33.2 Å². The third-order valence-corrected chi connectivity index (χ3v) is 6.28. The fraction of sp³-hybridized carbons (Fsp3) is 0.192. The number of hydrogen-bond donors (Lipinski definition) is 1. The van der Waals surface area contributed by atoms with Gasteiger partial charge in [0.1, 0.15) is 25.1 Å². The third-order valence-electron chi connectivity index (χ3n) is 6.28. The van der Waals surface area contributed by atoms with Crippen LogP contribution in [0.5, 0.6) is 11.5 Å². The Morgan fingerprint density at radius 2 is 1.75 bits per heavy atom. The summed E-state index contributed by atoms with van der Waals surface area (Å²) in [6.45, 7) is 1.43. The molecule has 0 bridgehead atoms. The van der Waals surface area contributed by atoms with Crippen molar-refractivity contribution in [3.05, 3.63) is 94.9 Å². The Morgan fingerprint density at radius 3 is 2.62 bits per heavy atom. The molecule has 1 amide bonds. The summed E-state index contributed by atoms with van der Waals surface area (Å²) in [6.07, 6.45) is 0.695. The second-order valence-electron chi connectivity index (χ2n) is 8.09. The van der Waals surface area contributed by atoms with Crippen LogP contribution < -0.4 is 9.47 Å². The van der Waals surface area contributed by atoms with Crippen LogP contribution in [-0.2, 0) is 6.42 Å². The van der Waals surface area contributed by atoms with E-state index in [-0.39, 0.29) is 11.7 Å². The molecule has 1 unspecified atom stereocenters. The van der Waals surface area contributed by atoms with Crippen LogP contribution in [0.2, 0.25) is 0 Å². The second-order valence-corrected chi connectivity index (χ2v) is 8.09. The number of rotatable bonds is 2. The minimum atomic E-state index is -0.548. The smallest absolute Gasteiger partial charge is 0.254 e. The molecule has 2 aliphatic heterocycles. The highest BCUT2D eigenvalue weighted by Gasteiger charge is 2.36. The Kier molecular flexibility index (Phi) is 4.38. The number of nitrogens with one attached hydrogen (secondary N) is 1. The topological polar surface area (TPSA) is 54.6 Å². The van der Waals surface area contributed by atoms with Gasteiger partial charge in [-0.1, -0.05) is 36.4 Å². The van der Waals surface area contributed by atoms with Crippen LogP contribution in [0.15, 0.2) is 66.7 Å². The number of halogens is 1. The number of fused-ring (bicyclic) bond motifs is 4. The first-order valence-corrected chi connectivity index (χ1v) is 10.8. The minimum absolute atomic E-state index is 0.167. The molecule has 2 aliphatic rings. The molecular formula is C26H21FN2O3. The molecule has 6 heteroatoms. The summed E-state index contributed by atoms with van der Waals surface area (Å²) < 4.78 is 26.3. The number of amides is 1. The van der Waals surface area contributed by atoms with Crippen molar-refractivity contribution in [2.24, 2.45) is 0 Å². The van der Waals surface area contributed by atoms with Crippen LogP contribution in [0.25, 0.3) is 10.9 Å². The van der Waals surface area contributed by atoms with Gasteiger partial charge in [-0.05, 0) is 42.3 Å². The zero-order valence-electron chi connectivity index (χ0n) is 17.3. The van der Waals surface area contributed by atoms with E-state index in [0.29, 0.717) is 48.8 Å². The average Bonchev–Trinajstić information content (AvgIpc) is 3.22. The van der Waals surface area contributed by atoms with Gasteiger partial charge in [0.2, 0.25) is 0 Å². The van der Waals surface area contributed by atoms with Crippen molar-refractivity contribution >= 4 is 16.8 Å². The zero-order chi connectivity index (χ0) is 21.7. The van der Waals surface area contributed by atoms with E-state index in [1.54, 1.807) is 35.2 Å². The summed E-state index contributed by atoms with van der Waals surface area (Å²) in [5.74, 6) is 0.700. The molecule has 3 heterocycles. The SMILES string of the molecule is O=C(c1ccc2c(c1)OCCO2)N1CCc2c([nH]c3ccccc23)C1c1ccccc1F. The van der Waals surface area contributed by atoms with E-state index in [4.69, 9.17) is 9.47 Å². The Morgan fingerprint density at radius 1 is 0.969 bits per heavy atom. The molecule has 0 radical (unpaired) electrons. The normalized spacial score (nSPS) is 17.3. The Labute approximate surface area is 184 Å². The minimum Gasteiger partial charge on any atom is -0.486 e. The summed E-state index contributed by atoms with van der Waals surface area (Å²) in [7, 11) is 0. The highest BCUT2D eigenvalue weighted by Crippen LogP contribution is 2.40. The van der Waals surface area contributed by atoms with E-state index in [2.05, 4.69) is 11.1 Å². The van der Waals surface area contributed by atoms with Crippen LogP contribution in [0.3, 0.4) is 0 Å². The lowest BCUT2D eigenvalue weighted by molar-refractivity contribution is 0.0688. The van der Waals surface area contributed by atoms with Crippen molar-refractivity contribution in [2.75, 3.05) is 19.8 Å². The van der Waals surface area contributed by atoms with Gasteiger partial charge in [-0.2, -0.15) is 0 Å². The van der Waals surface area contributed by atoms with Crippen LogP contribution in [0.4, 0.5) is 4.39 Å². The van der Waals surface area contributed by atoms with Gasteiger partial charge in [-0.25, -0.2) is 4.39 Å². The molecule has 0 aliphatic carbocycles. The molecule has 1 aromatic heterocycles. The van der Waals surface area contributed by atoms with Gasteiger partial charge < -0.3 is 19.4 Å². The molecule has 1 atom stereocenters. The molecule has 160 valence electrons. The number of para-hydroxylation sites is 1. The third kappa shape index (κ3) is 2.94. The summed E-state index contributed by atoms with van der Waals surface area (Å²) in [5, 5.41) is 1.12. The molecule has 0 saturated carbocycles. The van der Waals surface area contributed by atoms with Gasteiger partial charge in [0.25, 0.3) is 5.91 Å². The number of H-pyrrole nitrogens is 1. The number of aromatic amines is 1. The quantitative estimate of drug-likeness (QED) is 0.496. The summed E-state index contributed by atoms with van der Waals surface area (Å²) in [5.41, 5.74) is 3.97. The molecule has 3 aromatic carbocycles. The van der Waals surface area contributed by atoms with E-state index in [1.807, 2.05) is 24.3 Å². The summed E-state index contributed by atoms with van der Waals surface area (Å²) in [4.78, 5) is 18.9. The summed E-state index contributed by atoms with van der Waals surface area (Å²) in [6, 6.07) is 19.4. The number of nitrogens with zero attached hydrogens (tertiary/aromatic N) is 1. The molecule has 5 nitrogen and oxygen atoms in total. The van der Waals surface area contributed by atoms with Crippen LogP contribution in [-0.4, -0.2) is 35.5 Å². The average molecular weight is 428 g/mol. The van der Waals surface area contributed by atoms with Gasteiger partial charge in [-0.15, -0.1) is 0 Å². The van der Waals surface area contributed by atoms with Gasteiger partial charge in [-0.3, -0.25) is 4.79 Å².